The summed E-state index contributed by atoms with van der Waals surface area (Å²) in [6, 6.07) is 13.0. The highest BCUT2D eigenvalue weighted by Gasteiger charge is 2.22. The minimum atomic E-state index is -0.188. The van der Waals surface area contributed by atoms with Crippen LogP contribution in [0.4, 0.5) is 0 Å². The molecule has 118 valence electrons. The number of carbonyl (C=O) groups is 2. The fourth-order valence-electron chi connectivity index (χ4n) is 2.35. The SMILES string of the molecule is O=C1CN(C(=O)c2ccnc(OCc3ccccc3)c2)CCN1. The van der Waals surface area contributed by atoms with Gasteiger partial charge < -0.3 is 15.0 Å². The second kappa shape index (κ2) is 6.91. The van der Waals surface area contributed by atoms with Gasteiger partial charge in [-0.1, -0.05) is 30.3 Å². The minimum Gasteiger partial charge on any atom is -0.473 e. The highest BCUT2D eigenvalue weighted by Crippen LogP contribution is 2.14. The van der Waals surface area contributed by atoms with Crippen molar-refractivity contribution in [3.05, 3.63) is 59.8 Å². The molecule has 3 rings (SSSR count). The standard InChI is InChI=1S/C17H17N3O3/c21-15-11-20(9-8-18-15)17(22)14-6-7-19-16(10-14)23-12-13-4-2-1-3-5-13/h1-7,10H,8-9,11-12H2,(H,18,21). The second-order valence-electron chi connectivity index (χ2n) is 5.23. The van der Waals surface area contributed by atoms with E-state index < -0.39 is 0 Å². The van der Waals surface area contributed by atoms with Gasteiger partial charge in [-0.25, -0.2) is 4.98 Å². The molecule has 2 amide bonds. The van der Waals surface area contributed by atoms with Gasteiger partial charge in [0.25, 0.3) is 5.91 Å². The molecule has 0 bridgehead atoms. The van der Waals surface area contributed by atoms with E-state index in [-0.39, 0.29) is 18.4 Å². The van der Waals surface area contributed by atoms with Gasteiger partial charge in [-0.2, -0.15) is 0 Å². The average molecular weight is 311 g/mol. The number of hydrogen-bond donors (Lipinski definition) is 1. The zero-order valence-electron chi connectivity index (χ0n) is 12.6. The number of nitrogens with one attached hydrogen (secondary N) is 1. The van der Waals surface area contributed by atoms with Crippen LogP contribution in [0.25, 0.3) is 0 Å². The molecule has 0 spiro atoms. The van der Waals surface area contributed by atoms with E-state index in [2.05, 4.69) is 10.3 Å². The molecule has 0 unspecified atom stereocenters. The molecule has 1 aromatic heterocycles. The lowest BCUT2D eigenvalue weighted by Gasteiger charge is -2.26. The van der Waals surface area contributed by atoms with Gasteiger partial charge in [0, 0.05) is 30.9 Å². The molecular formula is C17H17N3O3. The molecule has 2 heterocycles. The number of carbonyl (C=O) groups excluding carboxylic acids is 2. The van der Waals surface area contributed by atoms with Crippen LogP contribution in [0.5, 0.6) is 5.88 Å². The number of hydrogen-bond acceptors (Lipinski definition) is 4. The lowest BCUT2D eigenvalue weighted by Crippen LogP contribution is -2.49. The third-order valence-electron chi connectivity index (χ3n) is 3.54. The molecule has 1 aliphatic rings. The Morgan fingerprint density at radius 2 is 2.09 bits per heavy atom. The van der Waals surface area contributed by atoms with E-state index in [1.165, 1.54) is 11.1 Å². The fraction of sp³-hybridized carbons (Fsp3) is 0.235. The third-order valence-corrected chi connectivity index (χ3v) is 3.54. The van der Waals surface area contributed by atoms with Crippen LogP contribution in [0.1, 0.15) is 15.9 Å². The van der Waals surface area contributed by atoms with E-state index in [1.54, 1.807) is 12.1 Å². The number of aromatic nitrogens is 1. The van der Waals surface area contributed by atoms with Gasteiger partial charge in [-0.3, -0.25) is 9.59 Å². The molecule has 0 atom stereocenters. The average Bonchev–Trinajstić information content (AvgIpc) is 2.60. The molecule has 6 nitrogen and oxygen atoms in total. The summed E-state index contributed by atoms with van der Waals surface area (Å²) >= 11 is 0. The number of pyridine rings is 1. The minimum absolute atomic E-state index is 0.0847. The lowest BCUT2D eigenvalue weighted by atomic mass is 10.2. The van der Waals surface area contributed by atoms with Crippen LogP contribution in [0.15, 0.2) is 48.7 Å². The number of piperazine rings is 1. The summed E-state index contributed by atoms with van der Waals surface area (Å²) in [5, 5.41) is 2.70. The van der Waals surface area contributed by atoms with Crippen molar-refractivity contribution in [2.75, 3.05) is 19.6 Å². The molecule has 1 N–H and O–H groups in total. The smallest absolute Gasteiger partial charge is 0.254 e. The molecule has 2 aromatic rings. The zero-order valence-corrected chi connectivity index (χ0v) is 12.6. The molecule has 0 saturated carbocycles. The Bertz CT molecular complexity index is 703. The maximum Gasteiger partial charge on any atom is 0.254 e. The molecule has 1 aromatic carbocycles. The quantitative estimate of drug-likeness (QED) is 0.922. The molecule has 1 aliphatic heterocycles. The van der Waals surface area contributed by atoms with E-state index in [0.717, 1.165) is 5.56 Å². The fourth-order valence-corrected chi connectivity index (χ4v) is 2.35. The maximum absolute atomic E-state index is 12.4. The third kappa shape index (κ3) is 3.85. The molecule has 1 saturated heterocycles. The first-order chi connectivity index (χ1) is 11.2. The van der Waals surface area contributed by atoms with Crippen molar-refractivity contribution in [1.29, 1.82) is 0 Å². The van der Waals surface area contributed by atoms with Gasteiger partial charge in [0.15, 0.2) is 0 Å². The Morgan fingerprint density at radius 3 is 2.87 bits per heavy atom. The summed E-state index contributed by atoms with van der Waals surface area (Å²) in [5.74, 6) is 0.0622. The van der Waals surface area contributed by atoms with Gasteiger partial charge in [-0.15, -0.1) is 0 Å². The summed E-state index contributed by atoms with van der Waals surface area (Å²) in [6.45, 7) is 1.46. The second-order valence-corrected chi connectivity index (χ2v) is 5.23. The number of benzene rings is 1. The van der Waals surface area contributed by atoms with E-state index in [1.807, 2.05) is 30.3 Å². The van der Waals surface area contributed by atoms with Crippen LogP contribution in [-0.2, 0) is 11.4 Å². The van der Waals surface area contributed by atoms with Crippen molar-refractivity contribution in [3.8, 4) is 5.88 Å². The monoisotopic (exact) mass is 311 g/mol. The van der Waals surface area contributed by atoms with Crippen LogP contribution >= 0.6 is 0 Å². The number of nitrogens with zero attached hydrogens (tertiary/aromatic N) is 2. The summed E-state index contributed by atoms with van der Waals surface area (Å²) in [5.41, 5.74) is 1.50. The normalized spacial score (nSPS) is 14.3. The van der Waals surface area contributed by atoms with Gasteiger partial charge >= 0.3 is 0 Å². The molecule has 1 fully saturated rings. The van der Waals surface area contributed by atoms with Crippen molar-refractivity contribution in [2.45, 2.75) is 6.61 Å². The van der Waals surface area contributed by atoms with E-state index in [9.17, 15) is 9.59 Å². The van der Waals surface area contributed by atoms with E-state index >= 15 is 0 Å². The van der Waals surface area contributed by atoms with Crippen molar-refractivity contribution in [1.82, 2.24) is 15.2 Å². The Balaban J connectivity index is 1.67. The van der Waals surface area contributed by atoms with Gasteiger partial charge in [0.2, 0.25) is 11.8 Å². The van der Waals surface area contributed by atoms with E-state index in [0.29, 0.717) is 31.1 Å². The van der Waals surface area contributed by atoms with Crippen LogP contribution in [0.2, 0.25) is 0 Å². The van der Waals surface area contributed by atoms with Gasteiger partial charge in [0.1, 0.15) is 6.61 Å². The number of rotatable bonds is 4. The molecule has 6 heteroatoms. The summed E-state index contributed by atoms with van der Waals surface area (Å²) in [7, 11) is 0. The highest BCUT2D eigenvalue weighted by molar-refractivity contribution is 5.97. The van der Waals surface area contributed by atoms with E-state index in [4.69, 9.17) is 4.74 Å². The first-order valence-corrected chi connectivity index (χ1v) is 7.41. The summed E-state index contributed by atoms with van der Waals surface area (Å²) < 4.78 is 5.63. The van der Waals surface area contributed by atoms with Crippen molar-refractivity contribution in [3.63, 3.8) is 0 Å². The van der Waals surface area contributed by atoms with Crippen LogP contribution in [-0.4, -0.2) is 41.3 Å². The number of ether oxygens (including phenoxy) is 1. The first-order valence-electron chi connectivity index (χ1n) is 7.41. The van der Waals surface area contributed by atoms with Gasteiger partial charge in [-0.05, 0) is 11.6 Å². The lowest BCUT2D eigenvalue weighted by molar-refractivity contribution is -0.123. The predicted molar refractivity (Wildman–Crippen MR) is 83.9 cm³/mol. The highest BCUT2D eigenvalue weighted by atomic mass is 16.5. The van der Waals surface area contributed by atoms with Crippen LogP contribution in [0.3, 0.4) is 0 Å². The van der Waals surface area contributed by atoms with Gasteiger partial charge in [0.05, 0.1) is 6.54 Å². The Labute approximate surface area is 134 Å². The topological polar surface area (TPSA) is 71.5 Å². The largest absolute Gasteiger partial charge is 0.473 e. The zero-order chi connectivity index (χ0) is 16.1. The molecule has 23 heavy (non-hydrogen) atoms. The molecule has 0 radical (unpaired) electrons. The predicted octanol–water partition coefficient (Wildman–Crippen LogP) is 1.23. The van der Waals surface area contributed by atoms with Crippen molar-refractivity contribution < 1.29 is 14.3 Å². The van der Waals surface area contributed by atoms with Crippen LogP contribution < -0.4 is 10.1 Å². The Kier molecular flexibility index (Phi) is 4.52. The Hall–Kier alpha value is -2.89. The Morgan fingerprint density at radius 1 is 1.26 bits per heavy atom. The molecular weight excluding hydrogens is 294 g/mol. The first kappa shape index (κ1) is 15.0. The number of amides is 2. The van der Waals surface area contributed by atoms with Crippen molar-refractivity contribution in [2.24, 2.45) is 0 Å². The maximum atomic E-state index is 12.4. The molecule has 0 aliphatic carbocycles. The summed E-state index contributed by atoms with van der Waals surface area (Å²) in [4.78, 5) is 29.5. The summed E-state index contributed by atoms with van der Waals surface area (Å²) in [6.07, 6.45) is 1.54. The van der Waals surface area contributed by atoms with Crippen LogP contribution in [0, 0.1) is 0 Å². The van der Waals surface area contributed by atoms with Crippen molar-refractivity contribution >= 4 is 11.8 Å².